The minimum Gasteiger partial charge on any atom is -0.496 e. The van der Waals surface area contributed by atoms with Gasteiger partial charge in [0, 0.05) is 12.7 Å². The van der Waals surface area contributed by atoms with E-state index in [0.717, 1.165) is 10.7 Å². The van der Waals surface area contributed by atoms with Crippen molar-refractivity contribution in [3.63, 3.8) is 0 Å². The molecule has 1 aromatic heterocycles. The third-order valence-corrected chi connectivity index (χ3v) is 3.21. The molecule has 0 bridgehead atoms. The highest BCUT2D eigenvalue weighted by atomic mass is 19.4. The zero-order valence-corrected chi connectivity index (χ0v) is 13.1. The van der Waals surface area contributed by atoms with Gasteiger partial charge in [-0.2, -0.15) is 18.3 Å². The molecular weight excluding hydrogens is 327 g/mol. The molecule has 0 atom stereocenters. The van der Waals surface area contributed by atoms with Crippen molar-refractivity contribution >= 4 is 5.91 Å². The molecule has 0 unspecified atom stereocenters. The molecule has 1 aromatic carbocycles. The molecule has 0 spiro atoms. The van der Waals surface area contributed by atoms with E-state index in [0.29, 0.717) is 11.5 Å². The first-order valence-corrected chi connectivity index (χ1v) is 6.96. The van der Waals surface area contributed by atoms with Crippen molar-refractivity contribution in [1.29, 1.82) is 0 Å². The van der Waals surface area contributed by atoms with E-state index in [2.05, 4.69) is 10.4 Å². The molecule has 0 aliphatic heterocycles. The number of hydrogen-bond acceptors (Lipinski definition) is 4. The first-order chi connectivity index (χ1) is 11.4. The van der Waals surface area contributed by atoms with Gasteiger partial charge in [0.05, 0.1) is 20.8 Å². The summed E-state index contributed by atoms with van der Waals surface area (Å²) in [5, 5.41) is 6.01. The highest BCUT2D eigenvalue weighted by Crippen LogP contribution is 2.28. The van der Waals surface area contributed by atoms with E-state index >= 15 is 0 Å². The van der Waals surface area contributed by atoms with Crippen LogP contribution in [-0.4, -0.2) is 36.5 Å². The van der Waals surface area contributed by atoms with Crippen LogP contribution in [0.1, 0.15) is 16.1 Å². The number of aromatic nitrogens is 2. The van der Waals surface area contributed by atoms with E-state index < -0.39 is 17.8 Å². The van der Waals surface area contributed by atoms with Gasteiger partial charge in [0.2, 0.25) is 0 Å². The molecule has 0 aliphatic carbocycles. The Bertz CT molecular complexity index is 691. The SMILES string of the molecule is COc1cccc(OC)c1C(=O)NCCn1ccc(C(F)(F)F)n1. The molecule has 0 radical (unpaired) electrons. The Hall–Kier alpha value is -2.71. The molecule has 24 heavy (non-hydrogen) atoms. The minimum atomic E-state index is -4.49. The molecule has 1 amide bonds. The quantitative estimate of drug-likeness (QED) is 0.874. The summed E-state index contributed by atoms with van der Waals surface area (Å²) in [5.74, 6) is 0.225. The van der Waals surface area contributed by atoms with Gasteiger partial charge >= 0.3 is 6.18 Å². The number of rotatable bonds is 6. The Morgan fingerprint density at radius 3 is 2.33 bits per heavy atom. The number of methoxy groups -OCH3 is 2. The lowest BCUT2D eigenvalue weighted by molar-refractivity contribution is -0.141. The van der Waals surface area contributed by atoms with Gasteiger partial charge in [-0.05, 0) is 18.2 Å². The Labute approximate surface area is 136 Å². The summed E-state index contributed by atoms with van der Waals surface area (Å²) in [5.41, 5.74) is -0.751. The summed E-state index contributed by atoms with van der Waals surface area (Å²) in [6, 6.07) is 5.78. The van der Waals surface area contributed by atoms with Gasteiger partial charge in [0.25, 0.3) is 5.91 Å². The lowest BCUT2D eigenvalue weighted by atomic mass is 10.1. The summed E-state index contributed by atoms with van der Waals surface area (Å²) in [6.45, 7) is 0.193. The largest absolute Gasteiger partial charge is 0.496 e. The Kier molecular flexibility index (Phi) is 5.32. The monoisotopic (exact) mass is 343 g/mol. The van der Waals surface area contributed by atoms with E-state index in [4.69, 9.17) is 9.47 Å². The molecule has 0 fully saturated rings. The summed E-state index contributed by atoms with van der Waals surface area (Å²) < 4.78 is 48.8. The maximum Gasteiger partial charge on any atom is 0.435 e. The zero-order valence-electron chi connectivity index (χ0n) is 13.1. The number of nitrogens with one attached hydrogen (secondary N) is 1. The third kappa shape index (κ3) is 3.98. The highest BCUT2D eigenvalue weighted by Gasteiger charge is 2.33. The van der Waals surface area contributed by atoms with Gasteiger partial charge in [-0.3, -0.25) is 9.48 Å². The number of halogens is 3. The number of amides is 1. The molecule has 2 aromatic rings. The first kappa shape index (κ1) is 17.6. The van der Waals surface area contributed by atoms with E-state index in [1.54, 1.807) is 18.2 Å². The van der Waals surface area contributed by atoms with Gasteiger partial charge in [-0.1, -0.05) is 6.07 Å². The van der Waals surface area contributed by atoms with Crippen molar-refractivity contribution in [3.05, 3.63) is 41.7 Å². The van der Waals surface area contributed by atoms with Crippen LogP contribution in [0.3, 0.4) is 0 Å². The lowest BCUT2D eigenvalue weighted by Gasteiger charge is -2.13. The number of hydrogen-bond donors (Lipinski definition) is 1. The van der Waals surface area contributed by atoms with Crippen LogP contribution in [-0.2, 0) is 12.7 Å². The summed E-state index contributed by atoms with van der Waals surface area (Å²) in [4.78, 5) is 12.3. The average Bonchev–Trinajstić information content (AvgIpc) is 3.03. The van der Waals surface area contributed by atoms with Crippen LogP contribution in [0, 0.1) is 0 Å². The molecule has 9 heteroatoms. The summed E-state index contributed by atoms with van der Waals surface area (Å²) in [6.07, 6.45) is -3.28. The number of carbonyl (C=O) groups excluding carboxylic acids is 1. The van der Waals surface area contributed by atoms with Crippen LogP contribution in [0.25, 0.3) is 0 Å². The topological polar surface area (TPSA) is 65.4 Å². The van der Waals surface area contributed by atoms with Gasteiger partial charge in [-0.25, -0.2) is 0 Å². The predicted octanol–water partition coefficient (Wildman–Crippen LogP) is 2.35. The number of nitrogens with zero attached hydrogens (tertiary/aromatic N) is 2. The predicted molar refractivity (Wildman–Crippen MR) is 79.1 cm³/mol. The molecule has 130 valence electrons. The van der Waals surface area contributed by atoms with Gasteiger partial charge in [-0.15, -0.1) is 0 Å². The van der Waals surface area contributed by atoms with Gasteiger partial charge in [0.15, 0.2) is 5.69 Å². The van der Waals surface area contributed by atoms with Crippen LogP contribution >= 0.6 is 0 Å². The fourth-order valence-electron chi connectivity index (χ4n) is 2.08. The van der Waals surface area contributed by atoms with Gasteiger partial charge in [0.1, 0.15) is 17.1 Å². The Balaban J connectivity index is 2.00. The van der Waals surface area contributed by atoms with Crippen molar-refractivity contribution in [2.75, 3.05) is 20.8 Å². The molecule has 0 saturated heterocycles. The molecule has 0 aliphatic rings. The van der Waals surface area contributed by atoms with Gasteiger partial charge < -0.3 is 14.8 Å². The molecule has 2 rings (SSSR count). The fraction of sp³-hybridized carbons (Fsp3) is 0.333. The van der Waals surface area contributed by atoms with Crippen molar-refractivity contribution in [2.45, 2.75) is 12.7 Å². The summed E-state index contributed by atoms with van der Waals surface area (Å²) >= 11 is 0. The molecule has 1 N–H and O–H groups in total. The van der Waals surface area contributed by atoms with E-state index in [1.807, 2.05) is 0 Å². The van der Waals surface area contributed by atoms with Crippen LogP contribution < -0.4 is 14.8 Å². The standard InChI is InChI=1S/C15H16F3N3O3/c1-23-10-4-3-5-11(24-2)13(10)14(22)19-7-9-21-8-6-12(20-21)15(16,17)18/h3-6,8H,7,9H2,1-2H3,(H,19,22). The van der Waals surface area contributed by atoms with E-state index in [-0.39, 0.29) is 18.7 Å². The van der Waals surface area contributed by atoms with Crippen molar-refractivity contribution in [1.82, 2.24) is 15.1 Å². The Morgan fingerprint density at radius 1 is 1.21 bits per heavy atom. The van der Waals surface area contributed by atoms with Crippen LogP contribution in [0.4, 0.5) is 13.2 Å². The van der Waals surface area contributed by atoms with Crippen LogP contribution in [0.2, 0.25) is 0 Å². The van der Waals surface area contributed by atoms with E-state index in [9.17, 15) is 18.0 Å². The third-order valence-electron chi connectivity index (χ3n) is 3.21. The number of ether oxygens (including phenoxy) is 2. The zero-order chi connectivity index (χ0) is 17.7. The maximum absolute atomic E-state index is 12.5. The smallest absolute Gasteiger partial charge is 0.435 e. The second kappa shape index (κ2) is 7.24. The lowest BCUT2D eigenvalue weighted by Crippen LogP contribution is -2.28. The maximum atomic E-state index is 12.5. The molecule has 0 saturated carbocycles. The Morgan fingerprint density at radius 2 is 1.83 bits per heavy atom. The van der Waals surface area contributed by atoms with Crippen molar-refractivity contribution in [3.8, 4) is 11.5 Å². The fourth-order valence-corrected chi connectivity index (χ4v) is 2.08. The molecule has 6 nitrogen and oxygen atoms in total. The highest BCUT2D eigenvalue weighted by molar-refractivity contribution is 5.99. The van der Waals surface area contributed by atoms with Crippen LogP contribution in [0.15, 0.2) is 30.5 Å². The second-order valence-electron chi connectivity index (χ2n) is 4.76. The van der Waals surface area contributed by atoms with Crippen molar-refractivity contribution in [2.24, 2.45) is 0 Å². The van der Waals surface area contributed by atoms with E-state index in [1.165, 1.54) is 20.4 Å². The number of carbonyl (C=O) groups is 1. The number of alkyl halides is 3. The number of benzene rings is 1. The van der Waals surface area contributed by atoms with Crippen molar-refractivity contribution < 1.29 is 27.4 Å². The summed E-state index contributed by atoms with van der Waals surface area (Å²) in [7, 11) is 2.85. The molecule has 1 heterocycles. The minimum absolute atomic E-state index is 0.0962. The van der Waals surface area contributed by atoms with Crippen LogP contribution in [0.5, 0.6) is 11.5 Å². The average molecular weight is 343 g/mol. The normalized spacial score (nSPS) is 11.2. The first-order valence-electron chi connectivity index (χ1n) is 6.96. The second-order valence-corrected chi connectivity index (χ2v) is 4.76. The molecular formula is C15H16F3N3O3.